The molecule has 2 unspecified atom stereocenters. The number of hydrazine groups is 2. The third-order valence-electron chi connectivity index (χ3n) is 11.7. The van der Waals surface area contributed by atoms with Gasteiger partial charge in [-0.2, -0.15) is 10.3 Å². The van der Waals surface area contributed by atoms with Crippen molar-refractivity contribution in [3.8, 4) is 23.0 Å². The van der Waals surface area contributed by atoms with Gasteiger partial charge < -0.3 is 18.9 Å². The van der Waals surface area contributed by atoms with Crippen molar-refractivity contribution in [1.82, 2.24) is 0 Å². The van der Waals surface area contributed by atoms with E-state index in [4.69, 9.17) is 31.0 Å². The summed E-state index contributed by atoms with van der Waals surface area (Å²) in [6, 6.07) is 39.1. The standard InChI is InChI=1S/C51H60N10O3P2/c1-33-21-13-15-23-39(33)57-65(59(53)43-27-19-16-24-40(43)55-11)63-45-31-35(49(3,4)5)29-37-47(45)62-48-38(51(37,9)10)30-36(50(6,7)8)32-46(48)64-66(60(54)44-28-20-17-25-41(44)56-12)61(58-52)42-26-18-14-22-34(42)2/h13-32,52,57H,11-12,53-54H2,1-10H3. The van der Waals surface area contributed by atoms with Gasteiger partial charge in [0.1, 0.15) is 0 Å². The Hall–Kier alpha value is -6.36. The number of rotatable bonds is 15. The van der Waals surface area contributed by atoms with Crippen LogP contribution in [0.1, 0.15) is 88.8 Å². The second-order valence-electron chi connectivity index (χ2n) is 18.7. The van der Waals surface area contributed by atoms with Gasteiger partial charge in [-0.3, -0.25) is 9.98 Å². The van der Waals surface area contributed by atoms with Crippen LogP contribution >= 0.6 is 16.9 Å². The summed E-state index contributed by atoms with van der Waals surface area (Å²) in [6.45, 7) is 29.0. The van der Waals surface area contributed by atoms with Crippen molar-refractivity contribution >= 4 is 64.5 Å². The van der Waals surface area contributed by atoms with E-state index in [0.29, 0.717) is 51.4 Å². The molecule has 1 heterocycles. The molecular formula is C51H60N10O3P2. The normalized spacial score (nSPS) is 13.8. The molecule has 66 heavy (non-hydrogen) atoms. The first-order valence-corrected chi connectivity index (χ1v) is 23.9. The first-order chi connectivity index (χ1) is 31.3. The Labute approximate surface area is 391 Å². The van der Waals surface area contributed by atoms with Gasteiger partial charge in [0.05, 0.1) is 28.4 Å². The van der Waals surface area contributed by atoms with Crippen LogP contribution in [0.3, 0.4) is 0 Å². The summed E-state index contributed by atoms with van der Waals surface area (Å²) in [5.74, 6) is 16.1. The Bertz CT molecular complexity index is 2790. The minimum Gasteiger partial charge on any atom is -0.449 e. The second kappa shape index (κ2) is 18.9. The lowest BCUT2D eigenvalue weighted by molar-refractivity contribution is 0.383. The first kappa shape index (κ1) is 47.6. The Balaban J connectivity index is 1.45. The number of aryl methyl sites for hydroxylation is 2. The molecule has 7 rings (SSSR count). The van der Waals surface area contributed by atoms with Gasteiger partial charge in [0.2, 0.25) is 0 Å². The molecule has 1 aliphatic rings. The molecule has 13 nitrogen and oxygen atoms in total. The van der Waals surface area contributed by atoms with E-state index in [9.17, 15) is 0 Å². The SMILES string of the molecule is C=Nc1ccccc1N(N)P(Nc1ccccc1C)Oc1cc(C(C)(C)C)cc2c1Oc1c(OP(N(N)c3ccccc3N=C)N(N=N)c3ccccc3C)cc(C(C)(C)C)cc1C2(C)C. The number of nitrogens with zero attached hydrogens (tertiary/aromatic N) is 6. The monoisotopic (exact) mass is 922 g/mol. The van der Waals surface area contributed by atoms with Crippen LogP contribution in [0, 0.1) is 19.4 Å². The van der Waals surface area contributed by atoms with Crippen LogP contribution in [0.2, 0.25) is 0 Å². The molecule has 0 fully saturated rings. The lowest BCUT2D eigenvalue weighted by Gasteiger charge is -2.40. The third kappa shape index (κ3) is 9.48. The summed E-state index contributed by atoms with van der Waals surface area (Å²) in [6.07, 6.45) is 0. The quantitative estimate of drug-likeness (QED) is 0.0258. The van der Waals surface area contributed by atoms with Crippen LogP contribution in [-0.2, 0) is 16.2 Å². The Morgan fingerprint density at radius 2 is 1.09 bits per heavy atom. The summed E-state index contributed by atoms with van der Waals surface area (Å²) < 4.78 is 26.3. The highest BCUT2D eigenvalue weighted by Gasteiger charge is 2.43. The van der Waals surface area contributed by atoms with Gasteiger partial charge in [0.25, 0.3) is 0 Å². The zero-order valence-electron chi connectivity index (χ0n) is 39.4. The van der Waals surface area contributed by atoms with Crippen LogP contribution in [0.5, 0.6) is 23.0 Å². The van der Waals surface area contributed by atoms with E-state index in [1.165, 1.54) is 9.56 Å². The van der Waals surface area contributed by atoms with Crippen LogP contribution in [0.15, 0.2) is 137 Å². The molecule has 342 valence electrons. The van der Waals surface area contributed by atoms with Gasteiger partial charge in [0.15, 0.2) is 23.0 Å². The molecule has 1 aliphatic heterocycles. The van der Waals surface area contributed by atoms with Crippen LogP contribution in [-0.4, -0.2) is 13.4 Å². The fraction of sp³-hybridized carbons (Fsp3) is 0.255. The molecule has 6 aromatic carbocycles. The fourth-order valence-corrected chi connectivity index (χ4v) is 10.5. The maximum absolute atomic E-state index is 8.61. The fourth-order valence-electron chi connectivity index (χ4n) is 7.61. The number of benzene rings is 6. The number of nitrogens with one attached hydrogen (secondary N) is 2. The minimum absolute atomic E-state index is 0.283. The molecule has 0 aliphatic carbocycles. The van der Waals surface area contributed by atoms with Gasteiger partial charge >= 0.3 is 16.9 Å². The number of nitrogens with two attached hydrogens (primary N) is 2. The Kier molecular flexibility index (Phi) is 13.6. The van der Waals surface area contributed by atoms with E-state index < -0.39 is 22.3 Å². The van der Waals surface area contributed by atoms with Crippen molar-refractivity contribution in [2.24, 2.45) is 26.9 Å². The largest absolute Gasteiger partial charge is 0.449 e. The second-order valence-corrected chi connectivity index (χ2v) is 21.6. The lowest BCUT2D eigenvalue weighted by Crippen LogP contribution is -2.34. The molecule has 15 heteroatoms. The van der Waals surface area contributed by atoms with E-state index >= 15 is 0 Å². The Morgan fingerprint density at radius 1 is 0.636 bits per heavy atom. The zero-order chi connectivity index (χ0) is 47.7. The predicted octanol–water partition coefficient (Wildman–Crippen LogP) is 14.5. The maximum Gasteiger partial charge on any atom is 0.348 e. The highest BCUT2D eigenvalue weighted by atomic mass is 31.2. The molecule has 2 atom stereocenters. The number of fused-ring (bicyclic) bond motifs is 2. The minimum atomic E-state index is -2.18. The van der Waals surface area contributed by atoms with Gasteiger partial charge in [0, 0.05) is 22.2 Å². The lowest BCUT2D eigenvalue weighted by atomic mass is 9.72. The van der Waals surface area contributed by atoms with Crippen LogP contribution < -0.4 is 44.9 Å². The van der Waals surface area contributed by atoms with Gasteiger partial charge in [-0.05, 0) is 109 Å². The van der Waals surface area contributed by atoms with Crippen molar-refractivity contribution in [3.63, 3.8) is 0 Å². The Morgan fingerprint density at radius 3 is 1.58 bits per heavy atom. The molecule has 0 saturated carbocycles. The highest BCUT2D eigenvalue weighted by Crippen LogP contribution is 2.61. The number of aliphatic imine (C=N–C) groups is 2. The van der Waals surface area contributed by atoms with E-state index in [-0.39, 0.29) is 10.8 Å². The molecule has 0 amide bonds. The maximum atomic E-state index is 8.61. The van der Waals surface area contributed by atoms with Crippen molar-refractivity contribution < 1.29 is 13.8 Å². The average Bonchev–Trinajstić information content (AvgIpc) is 3.29. The molecule has 6 N–H and O–H groups in total. The molecule has 0 spiro atoms. The smallest absolute Gasteiger partial charge is 0.348 e. The van der Waals surface area contributed by atoms with Gasteiger partial charge in [-0.25, -0.2) is 21.2 Å². The molecule has 0 saturated heterocycles. The summed E-state index contributed by atoms with van der Waals surface area (Å²) in [4.78, 5) is 8.55. The summed E-state index contributed by atoms with van der Waals surface area (Å²) in [5.41, 5.74) is 16.9. The zero-order valence-corrected chi connectivity index (χ0v) is 41.2. The predicted molar refractivity (Wildman–Crippen MR) is 276 cm³/mol. The number of hydrogen-bond acceptors (Lipinski definition) is 12. The molecule has 0 radical (unpaired) electrons. The summed E-state index contributed by atoms with van der Waals surface area (Å²) in [7, 11) is -4.06. The number of ether oxygens (including phenoxy) is 1. The van der Waals surface area contributed by atoms with Gasteiger partial charge in [-0.1, -0.05) is 133 Å². The van der Waals surface area contributed by atoms with E-state index in [1.54, 1.807) is 4.78 Å². The number of para-hydroxylation sites is 6. The average molecular weight is 923 g/mol. The molecule has 6 aromatic rings. The van der Waals surface area contributed by atoms with E-state index in [2.05, 4.69) is 101 Å². The van der Waals surface area contributed by atoms with E-state index in [1.807, 2.05) is 123 Å². The topological polar surface area (TPSA) is 162 Å². The number of anilines is 4. The van der Waals surface area contributed by atoms with Crippen molar-refractivity contribution in [2.45, 2.75) is 85.5 Å². The van der Waals surface area contributed by atoms with E-state index in [0.717, 1.165) is 39.1 Å². The molecular weight excluding hydrogens is 863 g/mol. The number of hydrogen-bond donors (Lipinski definition) is 4. The highest BCUT2D eigenvalue weighted by molar-refractivity contribution is 7.56. The first-order valence-electron chi connectivity index (χ1n) is 21.6. The van der Waals surface area contributed by atoms with Crippen molar-refractivity contribution in [3.05, 3.63) is 155 Å². The van der Waals surface area contributed by atoms with Crippen LogP contribution in [0.4, 0.5) is 34.1 Å². The van der Waals surface area contributed by atoms with Crippen LogP contribution in [0.25, 0.3) is 0 Å². The van der Waals surface area contributed by atoms with Crippen molar-refractivity contribution in [1.29, 1.82) is 5.53 Å². The van der Waals surface area contributed by atoms with Gasteiger partial charge in [-0.15, -0.1) is 0 Å². The summed E-state index contributed by atoms with van der Waals surface area (Å²) in [5, 5.41) is 7.69. The third-order valence-corrected chi connectivity index (χ3v) is 14.7. The molecule has 0 bridgehead atoms. The van der Waals surface area contributed by atoms with Crippen molar-refractivity contribution in [2.75, 3.05) is 19.4 Å². The summed E-state index contributed by atoms with van der Waals surface area (Å²) >= 11 is 0. The molecule has 0 aromatic heterocycles.